The lowest BCUT2D eigenvalue weighted by atomic mass is 9.80. The lowest BCUT2D eigenvalue weighted by Crippen LogP contribution is -2.31. The summed E-state index contributed by atoms with van der Waals surface area (Å²) in [6.07, 6.45) is 3.57. The molecule has 0 bridgehead atoms. The van der Waals surface area contributed by atoms with Crippen molar-refractivity contribution in [3.8, 4) is 6.01 Å². The van der Waals surface area contributed by atoms with Gasteiger partial charge in [0.05, 0.1) is 6.61 Å². The molecule has 5 nitrogen and oxygen atoms in total. The fourth-order valence-electron chi connectivity index (χ4n) is 2.84. The van der Waals surface area contributed by atoms with Crippen molar-refractivity contribution in [3.63, 3.8) is 0 Å². The van der Waals surface area contributed by atoms with E-state index in [9.17, 15) is 0 Å². The van der Waals surface area contributed by atoms with Gasteiger partial charge in [0, 0.05) is 6.04 Å². The number of rotatable bonds is 4. The highest BCUT2D eigenvalue weighted by molar-refractivity contribution is 6.28. The first kappa shape index (κ1) is 14.3. The van der Waals surface area contributed by atoms with Crippen LogP contribution in [0.15, 0.2) is 0 Å². The van der Waals surface area contributed by atoms with Crippen LogP contribution in [0.3, 0.4) is 0 Å². The zero-order valence-electron chi connectivity index (χ0n) is 11.7. The molecule has 2 rings (SSSR count). The molecule has 1 fully saturated rings. The minimum Gasteiger partial charge on any atom is -0.464 e. The van der Waals surface area contributed by atoms with Crippen molar-refractivity contribution in [1.82, 2.24) is 15.0 Å². The average molecular weight is 285 g/mol. The molecule has 0 saturated heterocycles. The minimum absolute atomic E-state index is 0.165. The second-order valence-electron chi connectivity index (χ2n) is 5.40. The van der Waals surface area contributed by atoms with E-state index in [4.69, 9.17) is 16.3 Å². The Balaban J connectivity index is 2.05. The highest BCUT2D eigenvalue weighted by Crippen LogP contribution is 2.30. The number of hydrogen-bond acceptors (Lipinski definition) is 5. The smallest absolute Gasteiger partial charge is 0.322 e. The average Bonchev–Trinajstić information content (AvgIpc) is 2.26. The summed E-state index contributed by atoms with van der Waals surface area (Å²) in [4.78, 5) is 12.3. The molecule has 1 aliphatic rings. The van der Waals surface area contributed by atoms with E-state index >= 15 is 0 Å². The molecule has 1 aliphatic carbocycles. The van der Waals surface area contributed by atoms with Crippen LogP contribution in [0.2, 0.25) is 5.28 Å². The maximum atomic E-state index is 5.88. The summed E-state index contributed by atoms with van der Waals surface area (Å²) < 4.78 is 5.27. The van der Waals surface area contributed by atoms with Crippen LogP contribution in [0.25, 0.3) is 0 Å². The molecule has 2 unspecified atom stereocenters. The van der Waals surface area contributed by atoms with E-state index in [0.29, 0.717) is 18.6 Å². The second-order valence-corrected chi connectivity index (χ2v) is 5.74. The van der Waals surface area contributed by atoms with Crippen molar-refractivity contribution in [1.29, 1.82) is 0 Å². The largest absolute Gasteiger partial charge is 0.464 e. The van der Waals surface area contributed by atoms with E-state index in [1.165, 1.54) is 6.42 Å². The molecule has 0 radical (unpaired) electrons. The molecule has 0 amide bonds. The van der Waals surface area contributed by atoms with Crippen LogP contribution in [-0.4, -0.2) is 27.6 Å². The first-order chi connectivity index (χ1) is 9.06. The summed E-state index contributed by atoms with van der Waals surface area (Å²) in [6, 6.07) is 0.675. The number of halogens is 1. The van der Waals surface area contributed by atoms with Crippen molar-refractivity contribution in [3.05, 3.63) is 5.28 Å². The summed E-state index contributed by atoms with van der Waals surface area (Å²) in [6.45, 7) is 6.97. The third kappa shape index (κ3) is 4.20. The number of aromatic nitrogens is 3. The Morgan fingerprint density at radius 3 is 2.47 bits per heavy atom. The van der Waals surface area contributed by atoms with Crippen LogP contribution in [0.4, 0.5) is 5.95 Å². The van der Waals surface area contributed by atoms with Crippen LogP contribution < -0.4 is 10.1 Å². The van der Waals surface area contributed by atoms with Gasteiger partial charge in [-0.2, -0.15) is 15.0 Å². The molecular formula is C13H21ClN4O. The van der Waals surface area contributed by atoms with Gasteiger partial charge < -0.3 is 10.1 Å². The molecule has 1 heterocycles. The third-order valence-corrected chi connectivity index (χ3v) is 3.54. The Morgan fingerprint density at radius 2 is 1.84 bits per heavy atom. The predicted octanol–water partition coefficient (Wildman–Crippen LogP) is 3.16. The SMILES string of the molecule is CCOc1nc(Cl)nc(NC2CC(C)CC(C)C2)n1. The second kappa shape index (κ2) is 6.37. The molecule has 6 heteroatoms. The summed E-state index contributed by atoms with van der Waals surface area (Å²) in [5.41, 5.74) is 0. The molecule has 0 aliphatic heterocycles. The fraction of sp³-hybridized carbons (Fsp3) is 0.769. The maximum Gasteiger partial charge on any atom is 0.322 e. The van der Waals surface area contributed by atoms with Crippen molar-refractivity contribution in [2.24, 2.45) is 11.8 Å². The molecule has 1 N–H and O–H groups in total. The summed E-state index contributed by atoms with van der Waals surface area (Å²) in [7, 11) is 0. The number of ether oxygens (including phenoxy) is 1. The van der Waals surface area contributed by atoms with Gasteiger partial charge in [-0.1, -0.05) is 13.8 Å². The molecule has 19 heavy (non-hydrogen) atoms. The lowest BCUT2D eigenvalue weighted by Gasteiger charge is -2.31. The Morgan fingerprint density at radius 1 is 1.16 bits per heavy atom. The van der Waals surface area contributed by atoms with Crippen LogP contribution in [0, 0.1) is 11.8 Å². The van der Waals surface area contributed by atoms with Gasteiger partial charge in [-0.15, -0.1) is 0 Å². The Hall–Kier alpha value is -1.10. The highest BCUT2D eigenvalue weighted by Gasteiger charge is 2.24. The maximum absolute atomic E-state index is 5.88. The predicted molar refractivity (Wildman–Crippen MR) is 75.6 cm³/mol. The Labute approximate surface area is 119 Å². The molecule has 0 spiro atoms. The first-order valence-corrected chi connectivity index (χ1v) is 7.25. The third-order valence-electron chi connectivity index (χ3n) is 3.37. The van der Waals surface area contributed by atoms with Gasteiger partial charge >= 0.3 is 6.01 Å². The zero-order chi connectivity index (χ0) is 13.8. The van der Waals surface area contributed by atoms with Crippen LogP contribution >= 0.6 is 11.6 Å². The van der Waals surface area contributed by atoms with Gasteiger partial charge in [0.2, 0.25) is 11.2 Å². The van der Waals surface area contributed by atoms with E-state index in [1.54, 1.807) is 0 Å². The van der Waals surface area contributed by atoms with Gasteiger partial charge in [0.1, 0.15) is 0 Å². The highest BCUT2D eigenvalue weighted by atomic mass is 35.5. The number of nitrogens with one attached hydrogen (secondary N) is 1. The monoisotopic (exact) mass is 284 g/mol. The van der Waals surface area contributed by atoms with Gasteiger partial charge in [0.15, 0.2) is 0 Å². The van der Waals surface area contributed by atoms with Crippen molar-refractivity contribution < 1.29 is 4.74 Å². The molecule has 1 saturated carbocycles. The fourth-order valence-corrected chi connectivity index (χ4v) is 2.99. The first-order valence-electron chi connectivity index (χ1n) is 6.87. The lowest BCUT2D eigenvalue weighted by molar-refractivity contribution is 0.279. The Bertz CT molecular complexity index is 419. The normalized spacial score (nSPS) is 27.1. The molecule has 106 valence electrons. The van der Waals surface area contributed by atoms with E-state index in [-0.39, 0.29) is 11.3 Å². The van der Waals surface area contributed by atoms with Crippen molar-refractivity contribution >= 4 is 17.5 Å². The number of nitrogens with zero attached hydrogens (tertiary/aromatic N) is 3. The van der Waals surface area contributed by atoms with Crippen LogP contribution in [0.5, 0.6) is 6.01 Å². The molecular weight excluding hydrogens is 264 g/mol. The van der Waals surface area contributed by atoms with E-state index < -0.39 is 0 Å². The van der Waals surface area contributed by atoms with Crippen molar-refractivity contribution in [2.75, 3.05) is 11.9 Å². The van der Waals surface area contributed by atoms with Gasteiger partial charge in [-0.25, -0.2) is 0 Å². The number of anilines is 1. The number of hydrogen-bond donors (Lipinski definition) is 1. The topological polar surface area (TPSA) is 59.9 Å². The van der Waals surface area contributed by atoms with E-state index in [2.05, 4.69) is 34.1 Å². The van der Waals surface area contributed by atoms with Gasteiger partial charge in [-0.3, -0.25) is 0 Å². The quantitative estimate of drug-likeness (QED) is 0.920. The summed E-state index contributed by atoms with van der Waals surface area (Å²) in [5, 5.41) is 3.52. The van der Waals surface area contributed by atoms with E-state index in [1.807, 2.05) is 6.92 Å². The Kier molecular flexibility index (Phi) is 4.80. The summed E-state index contributed by atoms with van der Waals surface area (Å²) in [5.74, 6) is 1.96. The summed E-state index contributed by atoms with van der Waals surface area (Å²) >= 11 is 5.88. The standard InChI is InChI=1S/C13H21ClN4O/c1-4-19-13-17-11(14)16-12(18-13)15-10-6-8(2)5-9(3)7-10/h8-10H,4-7H2,1-3H3,(H,15,16,17,18). The van der Waals surface area contributed by atoms with Crippen LogP contribution in [0.1, 0.15) is 40.0 Å². The molecule has 0 aromatic carbocycles. The molecule has 1 aromatic heterocycles. The van der Waals surface area contributed by atoms with Gasteiger partial charge in [-0.05, 0) is 49.6 Å². The van der Waals surface area contributed by atoms with E-state index in [0.717, 1.165) is 24.7 Å². The molecule has 2 atom stereocenters. The van der Waals surface area contributed by atoms with Gasteiger partial charge in [0.25, 0.3) is 0 Å². The zero-order valence-corrected chi connectivity index (χ0v) is 12.4. The minimum atomic E-state index is 0.165. The van der Waals surface area contributed by atoms with Crippen molar-refractivity contribution in [2.45, 2.75) is 46.1 Å². The van der Waals surface area contributed by atoms with Crippen LogP contribution in [-0.2, 0) is 0 Å². The molecule has 1 aromatic rings.